The molecule has 2 aromatic heterocycles. The number of carboxylic acid groups (broad SMARTS) is 1. The largest absolute Gasteiger partial charge is 0.502 e. The quantitative estimate of drug-likeness (QED) is 0.898. The second kappa shape index (κ2) is 4.92. The van der Waals surface area contributed by atoms with Gasteiger partial charge in [-0.15, -0.1) is 11.3 Å². The molecule has 0 amide bonds. The minimum Gasteiger partial charge on any atom is -0.502 e. The average molecular weight is 295 g/mol. The molecule has 0 aromatic carbocycles. The minimum absolute atomic E-state index is 0.0640. The molecule has 106 valence electrons. The highest BCUT2D eigenvalue weighted by atomic mass is 32.1. The maximum atomic E-state index is 12.2. The molecule has 0 spiro atoms. The van der Waals surface area contributed by atoms with E-state index in [9.17, 15) is 14.7 Å². The number of hydrogen-bond acceptors (Lipinski definition) is 5. The van der Waals surface area contributed by atoms with Crippen molar-refractivity contribution in [1.29, 1.82) is 0 Å². The van der Waals surface area contributed by atoms with E-state index in [1.54, 1.807) is 11.4 Å². The lowest BCUT2D eigenvalue weighted by atomic mass is 10.2. The lowest BCUT2D eigenvalue weighted by Crippen LogP contribution is -2.27. The van der Waals surface area contributed by atoms with Crippen LogP contribution in [0.25, 0.3) is 10.2 Å². The number of rotatable bonds is 3. The van der Waals surface area contributed by atoms with Crippen molar-refractivity contribution in [3.05, 3.63) is 27.4 Å². The highest BCUT2D eigenvalue weighted by molar-refractivity contribution is 7.17. The van der Waals surface area contributed by atoms with E-state index < -0.39 is 17.3 Å². The molecule has 1 atom stereocenters. The third-order valence-corrected chi connectivity index (χ3v) is 4.39. The normalized spacial score (nSPS) is 18.7. The third kappa shape index (κ3) is 1.99. The van der Waals surface area contributed by atoms with Crippen LogP contribution in [0.2, 0.25) is 0 Å². The van der Waals surface area contributed by atoms with Gasteiger partial charge in [-0.05, 0) is 24.3 Å². The monoisotopic (exact) mass is 295 g/mol. The molecule has 7 heteroatoms. The molecule has 1 unspecified atom stereocenters. The van der Waals surface area contributed by atoms with Gasteiger partial charge in [0.1, 0.15) is 5.56 Å². The van der Waals surface area contributed by atoms with Gasteiger partial charge in [0.05, 0.1) is 22.9 Å². The van der Waals surface area contributed by atoms with Gasteiger partial charge in [-0.25, -0.2) is 4.79 Å². The third-order valence-electron chi connectivity index (χ3n) is 3.47. The van der Waals surface area contributed by atoms with Crippen molar-refractivity contribution in [2.75, 3.05) is 6.61 Å². The molecule has 1 aliphatic rings. The topological polar surface area (TPSA) is 88.8 Å². The number of ether oxygens (including phenoxy) is 1. The van der Waals surface area contributed by atoms with Crippen LogP contribution in [0, 0.1) is 0 Å². The highest BCUT2D eigenvalue weighted by Crippen LogP contribution is 2.29. The van der Waals surface area contributed by atoms with Crippen LogP contribution >= 0.6 is 11.3 Å². The second-order valence-corrected chi connectivity index (χ2v) is 5.63. The summed E-state index contributed by atoms with van der Waals surface area (Å²) in [7, 11) is 0. The van der Waals surface area contributed by atoms with Crippen LogP contribution in [0.15, 0.2) is 16.2 Å². The Morgan fingerprint density at radius 2 is 2.35 bits per heavy atom. The maximum absolute atomic E-state index is 12.2. The van der Waals surface area contributed by atoms with Crippen LogP contribution in [0.5, 0.6) is 5.75 Å². The van der Waals surface area contributed by atoms with Crippen molar-refractivity contribution in [3.63, 3.8) is 0 Å². The molecular formula is C13H13NO5S. The van der Waals surface area contributed by atoms with Gasteiger partial charge in [0.2, 0.25) is 0 Å². The molecule has 1 aliphatic heterocycles. The van der Waals surface area contributed by atoms with Crippen LogP contribution in [0.4, 0.5) is 0 Å². The van der Waals surface area contributed by atoms with Crippen LogP contribution in [-0.2, 0) is 11.3 Å². The molecule has 1 saturated heterocycles. The molecule has 2 N–H and O–H groups in total. The number of carbonyl (C=O) groups is 1. The number of carboxylic acids is 1. The van der Waals surface area contributed by atoms with Crippen molar-refractivity contribution in [2.24, 2.45) is 0 Å². The first-order valence-electron chi connectivity index (χ1n) is 6.27. The van der Waals surface area contributed by atoms with Gasteiger partial charge in [-0.3, -0.25) is 4.79 Å². The first kappa shape index (κ1) is 13.1. The Morgan fingerprint density at radius 3 is 3.00 bits per heavy atom. The van der Waals surface area contributed by atoms with E-state index in [1.807, 2.05) is 0 Å². The summed E-state index contributed by atoms with van der Waals surface area (Å²) in [4.78, 5) is 23.4. The Balaban J connectivity index is 2.19. The lowest BCUT2D eigenvalue weighted by Gasteiger charge is -2.14. The molecule has 0 bridgehead atoms. The fourth-order valence-electron chi connectivity index (χ4n) is 2.53. The Morgan fingerprint density at radius 1 is 1.55 bits per heavy atom. The van der Waals surface area contributed by atoms with Gasteiger partial charge in [-0.2, -0.15) is 0 Å². The lowest BCUT2D eigenvalue weighted by molar-refractivity contribution is 0.0695. The number of pyridine rings is 1. The smallest absolute Gasteiger partial charge is 0.341 e. The molecule has 1 fully saturated rings. The minimum atomic E-state index is -1.30. The molecule has 0 aliphatic carbocycles. The van der Waals surface area contributed by atoms with Crippen LogP contribution in [0.1, 0.15) is 23.2 Å². The Labute approximate surface area is 117 Å². The SMILES string of the molecule is O=C(O)c1c(O)c(=O)n(CC2CCCO2)c2ccsc12. The molecular weight excluding hydrogens is 282 g/mol. The fourth-order valence-corrected chi connectivity index (χ4v) is 3.46. The second-order valence-electron chi connectivity index (χ2n) is 4.71. The summed E-state index contributed by atoms with van der Waals surface area (Å²) in [5.74, 6) is -2.00. The zero-order chi connectivity index (χ0) is 14.3. The molecule has 3 rings (SSSR count). The highest BCUT2D eigenvalue weighted by Gasteiger charge is 2.24. The molecule has 3 heterocycles. The van der Waals surface area contributed by atoms with E-state index in [0.717, 1.165) is 12.8 Å². The number of fused-ring (bicyclic) bond motifs is 1. The maximum Gasteiger partial charge on any atom is 0.341 e. The predicted molar refractivity (Wildman–Crippen MR) is 73.7 cm³/mol. The molecule has 20 heavy (non-hydrogen) atoms. The van der Waals surface area contributed by atoms with E-state index in [-0.39, 0.29) is 11.7 Å². The van der Waals surface area contributed by atoms with Crippen LogP contribution in [-0.4, -0.2) is 33.5 Å². The van der Waals surface area contributed by atoms with Crippen molar-refractivity contribution in [2.45, 2.75) is 25.5 Å². The number of aromatic hydroxyl groups is 1. The first-order chi connectivity index (χ1) is 9.59. The molecule has 2 aromatic rings. The van der Waals surface area contributed by atoms with E-state index >= 15 is 0 Å². The number of hydrogen-bond donors (Lipinski definition) is 2. The summed E-state index contributed by atoms with van der Waals surface area (Å²) >= 11 is 1.20. The van der Waals surface area contributed by atoms with Crippen molar-refractivity contribution in [1.82, 2.24) is 4.57 Å². The van der Waals surface area contributed by atoms with Crippen LogP contribution in [0.3, 0.4) is 0 Å². The standard InChI is InChI=1S/C13H13NO5S/c15-10-9(13(17)18)11-8(3-5-20-11)14(12(10)16)6-7-2-1-4-19-7/h3,5,7,15H,1-2,4,6H2,(H,17,18). The number of nitrogens with zero attached hydrogens (tertiary/aromatic N) is 1. The Hall–Kier alpha value is -1.86. The van der Waals surface area contributed by atoms with Crippen molar-refractivity contribution in [3.8, 4) is 5.75 Å². The predicted octanol–water partition coefficient (Wildman–Crippen LogP) is 1.65. The summed E-state index contributed by atoms with van der Waals surface area (Å²) in [6.07, 6.45) is 1.75. The number of thiophene rings is 1. The van der Waals surface area contributed by atoms with Crippen molar-refractivity contribution < 1.29 is 19.7 Å². The van der Waals surface area contributed by atoms with Gasteiger partial charge in [0.15, 0.2) is 5.75 Å². The van der Waals surface area contributed by atoms with Crippen LogP contribution < -0.4 is 5.56 Å². The van der Waals surface area contributed by atoms with Gasteiger partial charge in [-0.1, -0.05) is 0 Å². The Bertz CT molecular complexity index is 726. The summed E-state index contributed by atoms with van der Waals surface area (Å²) in [6, 6.07) is 1.70. The first-order valence-corrected chi connectivity index (χ1v) is 7.15. The molecule has 0 saturated carbocycles. The molecule has 0 radical (unpaired) electrons. The average Bonchev–Trinajstić information content (AvgIpc) is 3.05. The van der Waals surface area contributed by atoms with E-state index in [2.05, 4.69) is 0 Å². The number of aromatic nitrogens is 1. The summed E-state index contributed by atoms with van der Waals surface area (Å²) < 4.78 is 7.32. The van der Waals surface area contributed by atoms with E-state index in [4.69, 9.17) is 9.84 Å². The number of aromatic carboxylic acids is 1. The van der Waals surface area contributed by atoms with E-state index in [0.29, 0.717) is 23.4 Å². The summed E-state index contributed by atoms with van der Waals surface area (Å²) in [6.45, 7) is 1.00. The van der Waals surface area contributed by atoms with E-state index in [1.165, 1.54) is 15.9 Å². The van der Waals surface area contributed by atoms with Gasteiger partial charge >= 0.3 is 5.97 Å². The molecule has 6 nitrogen and oxygen atoms in total. The fraction of sp³-hybridized carbons (Fsp3) is 0.385. The van der Waals surface area contributed by atoms with Gasteiger partial charge < -0.3 is 19.5 Å². The summed E-state index contributed by atoms with van der Waals surface area (Å²) in [5.41, 5.74) is -0.460. The summed E-state index contributed by atoms with van der Waals surface area (Å²) in [5, 5.41) is 20.8. The zero-order valence-electron chi connectivity index (χ0n) is 10.5. The zero-order valence-corrected chi connectivity index (χ0v) is 11.4. The van der Waals surface area contributed by atoms with Crippen molar-refractivity contribution >= 4 is 27.5 Å². The Kier molecular flexibility index (Phi) is 3.23. The van der Waals surface area contributed by atoms with Gasteiger partial charge in [0, 0.05) is 6.61 Å². The van der Waals surface area contributed by atoms with Gasteiger partial charge in [0.25, 0.3) is 5.56 Å².